The van der Waals surface area contributed by atoms with Crippen LogP contribution in [-0.4, -0.2) is 19.4 Å². The number of amides is 1. The molecular formula is C22H20F3NO5. The smallest absolute Gasteiger partial charge is 0.493 e. The molecule has 0 saturated carbocycles. The normalized spacial score (nSPS) is 12.2. The molecule has 1 N–H and O–H groups in total. The Balaban J connectivity index is 1.56. The molecule has 1 unspecified atom stereocenters. The lowest BCUT2D eigenvalue weighted by Gasteiger charge is -2.14. The van der Waals surface area contributed by atoms with Crippen LogP contribution in [0.25, 0.3) is 0 Å². The second-order valence-electron chi connectivity index (χ2n) is 6.52. The third-order valence-electron chi connectivity index (χ3n) is 4.29. The average Bonchev–Trinajstić information content (AvgIpc) is 3.21. The first kappa shape index (κ1) is 22.1. The van der Waals surface area contributed by atoms with E-state index < -0.39 is 18.3 Å². The Kier molecular flexibility index (Phi) is 6.74. The molecule has 0 fully saturated rings. The highest BCUT2D eigenvalue weighted by Gasteiger charge is 2.31. The first-order valence-corrected chi connectivity index (χ1v) is 9.26. The van der Waals surface area contributed by atoms with Gasteiger partial charge in [-0.2, -0.15) is 0 Å². The highest BCUT2D eigenvalue weighted by atomic mass is 19.4. The van der Waals surface area contributed by atoms with E-state index in [9.17, 15) is 18.0 Å². The summed E-state index contributed by atoms with van der Waals surface area (Å²) in [4.78, 5) is 12.4. The van der Waals surface area contributed by atoms with Crippen molar-refractivity contribution in [3.8, 4) is 17.2 Å². The van der Waals surface area contributed by atoms with Crippen molar-refractivity contribution in [3.05, 3.63) is 77.7 Å². The van der Waals surface area contributed by atoms with E-state index in [2.05, 4.69) is 10.1 Å². The van der Waals surface area contributed by atoms with Gasteiger partial charge in [0.2, 0.25) is 0 Å². The molecule has 1 amide bonds. The monoisotopic (exact) mass is 435 g/mol. The maximum atomic E-state index is 12.4. The van der Waals surface area contributed by atoms with Crippen LogP contribution in [0.15, 0.2) is 65.1 Å². The van der Waals surface area contributed by atoms with Gasteiger partial charge in [-0.1, -0.05) is 24.3 Å². The highest BCUT2D eigenvalue weighted by Crippen LogP contribution is 2.27. The second kappa shape index (κ2) is 9.46. The number of nitrogens with one attached hydrogen (secondary N) is 1. The summed E-state index contributed by atoms with van der Waals surface area (Å²) in [6, 6.07) is 15.1. The molecule has 0 spiro atoms. The number of methoxy groups -OCH3 is 1. The molecule has 6 nitrogen and oxygen atoms in total. The van der Waals surface area contributed by atoms with E-state index in [0.717, 1.165) is 0 Å². The number of carbonyl (C=O) groups is 1. The van der Waals surface area contributed by atoms with Crippen molar-refractivity contribution in [2.45, 2.75) is 25.9 Å². The lowest BCUT2D eigenvalue weighted by atomic mass is 10.1. The predicted molar refractivity (Wildman–Crippen MR) is 105 cm³/mol. The van der Waals surface area contributed by atoms with Gasteiger partial charge in [0.25, 0.3) is 5.91 Å². The zero-order chi connectivity index (χ0) is 22.4. The van der Waals surface area contributed by atoms with Crippen LogP contribution in [-0.2, 0) is 6.61 Å². The van der Waals surface area contributed by atoms with Gasteiger partial charge < -0.3 is 23.9 Å². The van der Waals surface area contributed by atoms with Crippen molar-refractivity contribution >= 4 is 5.91 Å². The molecule has 31 heavy (non-hydrogen) atoms. The van der Waals surface area contributed by atoms with Crippen LogP contribution in [0.4, 0.5) is 13.2 Å². The Hall–Kier alpha value is -3.62. The minimum absolute atomic E-state index is 0.0856. The molecule has 1 aromatic heterocycles. The molecule has 0 aliphatic rings. The largest absolute Gasteiger partial charge is 0.573 e. The maximum Gasteiger partial charge on any atom is 0.573 e. The van der Waals surface area contributed by atoms with Gasteiger partial charge >= 0.3 is 6.36 Å². The van der Waals surface area contributed by atoms with E-state index in [-0.39, 0.29) is 18.1 Å². The first-order chi connectivity index (χ1) is 14.7. The summed E-state index contributed by atoms with van der Waals surface area (Å²) >= 11 is 0. The van der Waals surface area contributed by atoms with Crippen molar-refractivity contribution < 1.29 is 36.6 Å². The number of ether oxygens (including phenoxy) is 3. The number of furan rings is 1. The van der Waals surface area contributed by atoms with Crippen molar-refractivity contribution in [2.75, 3.05) is 7.11 Å². The number of hydrogen-bond donors (Lipinski definition) is 1. The van der Waals surface area contributed by atoms with Crippen LogP contribution in [0.2, 0.25) is 0 Å². The molecule has 164 valence electrons. The zero-order valence-electron chi connectivity index (χ0n) is 16.7. The Labute approximate surface area is 176 Å². The Morgan fingerprint density at radius 2 is 1.71 bits per heavy atom. The van der Waals surface area contributed by atoms with E-state index in [1.165, 1.54) is 37.4 Å². The van der Waals surface area contributed by atoms with Gasteiger partial charge in [-0.15, -0.1) is 13.2 Å². The van der Waals surface area contributed by atoms with Crippen LogP contribution in [0.1, 0.15) is 34.8 Å². The number of hydrogen-bond acceptors (Lipinski definition) is 5. The fourth-order valence-corrected chi connectivity index (χ4v) is 2.77. The lowest BCUT2D eigenvalue weighted by Crippen LogP contribution is -2.26. The van der Waals surface area contributed by atoms with Gasteiger partial charge in [-0.3, -0.25) is 4.79 Å². The summed E-state index contributed by atoms with van der Waals surface area (Å²) in [5.74, 6) is 0.846. The molecule has 0 aliphatic heterocycles. The first-order valence-electron chi connectivity index (χ1n) is 9.26. The third-order valence-corrected chi connectivity index (χ3v) is 4.29. The van der Waals surface area contributed by atoms with Crippen LogP contribution in [0.5, 0.6) is 17.2 Å². The lowest BCUT2D eigenvalue weighted by molar-refractivity contribution is -0.274. The topological polar surface area (TPSA) is 69.9 Å². The van der Waals surface area contributed by atoms with E-state index in [1.54, 1.807) is 25.1 Å². The van der Waals surface area contributed by atoms with Gasteiger partial charge in [0.05, 0.1) is 13.2 Å². The summed E-state index contributed by atoms with van der Waals surface area (Å²) in [6.45, 7) is 1.80. The van der Waals surface area contributed by atoms with Crippen molar-refractivity contribution in [2.24, 2.45) is 0 Å². The molecule has 2 aromatic carbocycles. The van der Waals surface area contributed by atoms with Crippen molar-refractivity contribution in [1.29, 1.82) is 0 Å². The molecule has 0 aliphatic carbocycles. The summed E-state index contributed by atoms with van der Waals surface area (Å²) in [5, 5.41) is 2.73. The van der Waals surface area contributed by atoms with E-state index in [0.29, 0.717) is 22.8 Å². The highest BCUT2D eigenvalue weighted by molar-refractivity contribution is 5.91. The molecular weight excluding hydrogens is 415 g/mol. The number of rotatable bonds is 8. The van der Waals surface area contributed by atoms with Gasteiger partial charge in [0.1, 0.15) is 18.1 Å². The van der Waals surface area contributed by atoms with E-state index >= 15 is 0 Å². The molecule has 3 rings (SSSR count). The van der Waals surface area contributed by atoms with Crippen LogP contribution in [0, 0.1) is 0 Å². The number of alkyl halides is 3. The number of halogens is 3. The fraction of sp³-hybridized carbons (Fsp3) is 0.227. The summed E-state index contributed by atoms with van der Waals surface area (Å²) < 4.78 is 57.0. The third kappa shape index (κ3) is 6.18. The second-order valence-corrected chi connectivity index (χ2v) is 6.52. The van der Waals surface area contributed by atoms with E-state index in [4.69, 9.17) is 13.9 Å². The van der Waals surface area contributed by atoms with Gasteiger partial charge in [0.15, 0.2) is 17.3 Å². The molecule has 0 radical (unpaired) electrons. The zero-order valence-corrected chi connectivity index (χ0v) is 16.7. The average molecular weight is 435 g/mol. The summed E-state index contributed by atoms with van der Waals surface area (Å²) in [7, 11) is 1.54. The standard InChI is InChI=1S/C22H20F3NO5/c1-14(15-7-9-16(10-8-15)31-22(23,24)25)26-21(27)20-12-11-17(30-20)13-29-19-6-4-3-5-18(19)28-2/h3-12,14H,13H2,1-2H3,(H,26,27). The maximum absolute atomic E-state index is 12.4. The quantitative estimate of drug-likeness (QED) is 0.523. The van der Waals surface area contributed by atoms with Crippen molar-refractivity contribution in [3.63, 3.8) is 0 Å². The molecule has 9 heteroatoms. The van der Waals surface area contributed by atoms with Crippen LogP contribution >= 0.6 is 0 Å². The van der Waals surface area contributed by atoms with Gasteiger partial charge in [0, 0.05) is 0 Å². The SMILES string of the molecule is COc1ccccc1OCc1ccc(C(=O)NC(C)c2ccc(OC(F)(F)F)cc2)o1. The number of benzene rings is 2. The predicted octanol–water partition coefficient (Wildman–Crippen LogP) is 5.26. The summed E-state index contributed by atoms with van der Waals surface area (Å²) in [5.41, 5.74) is 0.606. The molecule has 0 bridgehead atoms. The molecule has 3 aromatic rings. The molecule has 1 heterocycles. The van der Waals surface area contributed by atoms with Gasteiger partial charge in [-0.05, 0) is 48.9 Å². The van der Waals surface area contributed by atoms with Crippen LogP contribution in [0.3, 0.4) is 0 Å². The minimum atomic E-state index is -4.76. The number of carbonyl (C=O) groups excluding carboxylic acids is 1. The van der Waals surface area contributed by atoms with Crippen molar-refractivity contribution in [1.82, 2.24) is 5.32 Å². The minimum Gasteiger partial charge on any atom is -0.493 e. The Morgan fingerprint density at radius 1 is 1.03 bits per heavy atom. The Bertz CT molecular complexity index is 1010. The van der Waals surface area contributed by atoms with Gasteiger partial charge in [-0.25, -0.2) is 0 Å². The Morgan fingerprint density at radius 3 is 2.35 bits per heavy atom. The van der Waals surface area contributed by atoms with Crippen LogP contribution < -0.4 is 19.5 Å². The summed E-state index contributed by atoms with van der Waals surface area (Å²) in [6.07, 6.45) is -4.76. The van der Waals surface area contributed by atoms with E-state index in [1.807, 2.05) is 12.1 Å². The fourth-order valence-electron chi connectivity index (χ4n) is 2.77. The molecule has 0 saturated heterocycles. The molecule has 1 atom stereocenters. The number of para-hydroxylation sites is 2.